The number of halogens is 2. The van der Waals surface area contributed by atoms with Crippen LogP contribution in [0.4, 0.5) is 8.78 Å². The molecule has 0 aliphatic heterocycles. The molecule has 1 N–H and O–H groups in total. The van der Waals surface area contributed by atoms with Crippen molar-refractivity contribution in [2.75, 3.05) is 0 Å². The molecule has 0 saturated heterocycles. The van der Waals surface area contributed by atoms with Crippen molar-refractivity contribution >= 4 is 17.1 Å². The van der Waals surface area contributed by atoms with Crippen molar-refractivity contribution in [2.24, 2.45) is 0 Å². The quantitative estimate of drug-likeness (QED) is 0.871. The molecule has 2 heterocycles. The van der Waals surface area contributed by atoms with Gasteiger partial charge in [0.15, 0.2) is 0 Å². The second kappa shape index (κ2) is 6.25. The first-order valence-corrected chi connectivity index (χ1v) is 7.41. The third-order valence-corrected chi connectivity index (χ3v) is 3.95. The van der Waals surface area contributed by atoms with Gasteiger partial charge in [0, 0.05) is 24.6 Å². The van der Waals surface area contributed by atoms with Crippen LogP contribution in [0, 0.1) is 22.7 Å². The molecule has 0 bridgehead atoms. The number of alkyl halides is 2. The average molecular weight is 329 g/mol. The number of hydrogen-bond acceptors (Lipinski definition) is 5. The summed E-state index contributed by atoms with van der Waals surface area (Å²) >= 11 is 0. The van der Waals surface area contributed by atoms with Crippen LogP contribution in [0.25, 0.3) is 17.1 Å². The molecule has 2 aromatic heterocycles. The largest absolute Gasteiger partial charge is 0.474 e. The lowest BCUT2D eigenvalue weighted by Crippen LogP contribution is -2.31. The van der Waals surface area contributed by atoms with E-state index in [0.717, 1.165) is 0 Å². The Morgan fingerprint density at radius 2 is 2.00 bits per heavy atom. The van der Waals surface area contributed by atoms with Crippen molar-refractivity contribution in [3.63, 3.8) is 0 Å². The Morgan fingerprint density at radius 1 is 1.29 bits per heavy atom. The van der Waals surface area contributed by atoms with E-state index in [0.29, 0.717) is 16.6 Å². The Bertz CT molecular complexity index is 849. The van der Waals surface area contributed by atoms with Gasteiger partial charge in [-0.05, 0) is 18.9 Å². The predicted molar refractivity (Wildman–Crippen MR) is 80.9 cm³/mol. The number of fused-ring (bicyclic) bond motifs is 1. The molecular formula is C16H13F2N5O. The van der Waals surface area contributed by atoms with Crippen LogP contribution in [-0.4, -0.2) is 27.0 Å². The van der Waals surface area contributed by atoms with Crippen molar-refractivity contribution in [1.82, 2.24) is 15.0 Å². The minimum Gasteiger partial charge on any atom is -0.474 e. The van der Waals surface area contributed by atoms with Gasteiger partial charge in [-0.15, -0.1) is 0 Å². The third kappa shape index (κ3) is 3.18. The summed E-state index contributed by atoms with van der Waals surface area (Å²) in [4.78, 5) is 11.1. The zero-order valence-electron chi connectivity index (χ0n) is 12.6. The maximum Gasteiger partial charge on any atom is 0.248 e. The number of allylic oxidation sites excluding steroid dienone is 1. The lowest BCUT2D eigenvalue weighted by atomic mass is 9.94. The fourth-order valence-corrected chi connectivity index (χ4v) is 2.69. The van der Waals surface area contributed by atoms with Crippen LogP contribution in [0.2, 0.25) is 0 Å². The molecule has 0 radical (unpaired) electrons. The normalized spacial score (nSPS) is 17.0. The molecule has 0 unspecified atom stereocenters. The van der Waals surface area contributed by atoms with E-state index in [4.69, 9.17) is 15.3 Å². The van der Waals surface area contributed by atoms with Gasteiger partial charge in [0.2, 0.25) is 11.8 Å². The van der Waals surface area contributed by atoms with Crippen LogP contribution < -0.4 is 4.74 Å². The molecule has 1 aliphatic rings. The van der Waals surface area contributed by atoms with Gasteiger partial charge in [-0.25, -0.2) is 18.7 Å². The fourth-order valence-electron chi connectivity index (χ4n) is 2.69. The molecule has 1 fully saturated rings. The second-order valence-electron chi connectivity index (χ2n) is 5.60. The van der Waals surface area contributed by atoms with Gasteiger partial charge in [-0.1, -0.05) is 0 Å². The Labute approximate surface area is 136 Å². The molecular weight excluding hydrogens is 316 g/mol. The molecule has 0 aromatic carbocycles. The predicted octanol–water partition coefficient (Wildman–Crippen LogP) is 3.35. The number of rotatable bonds is 3. The number of nitrogens with one attached hydrogen (secondary N) is 1. The minimum atomic E-state index is -2.63. The standard InChI is InChI=1S/C16H13F2N5O/c17-16(18)3-1-12(2-4-16)24-15-13-11(5-10(6-19)7-20)8-21-14(13)22-9-23-15/h5,8-9,12H,1-4H2,(H,21,22,23). The van der Waals surface area contributed by atoms with Crippen molar-refractivity contribution in [2.45, 2.75) is 37.7 Å². The number of nitriles is 2. The number of aromatic amines is 1. The molecule has 8 heteroatoms. The highest BCUT2D eigenvalue weighted by Gasteiger charge is 2.36. The molecule has 0 atom stereocenters. The van der Waals surface area contributed by atoms with Gasteiger partial charge in [0.05, 0.1) is 5.39 Å². The van der Waals surface area contributed by atoms with E-state index in [-0.39, 0.29) is 43.2 Å². The Kier molecular flexibility index (Phi) is 4.13. The van der Waals surface area contributed by atoms with Crippen LogP contribution in [0.3, 0.4) is 0 Å². The summed E-state index contributed by atoms with van der Waals surface area (Å²) in [5.74, 6) is -2.37. The Morgan fingerprint density at radius 3 is 2.67 bits per heavy atom. The highest BCUT2D eigenvalue weighted by atomic mass is 19.3. The molecule has 1 aliphatic carbocycles. The van der Waals surface area contributed by atoms with Crippen LogP contribution in [0.1, 0.15) is 31.2 Å². The van der Waals surface area contributed by atoms with E-state index in [2.05, 4.69) is 15.0 Å². The van der Waals surface area contributed by atoms with Gasteiger partial charge in [-0.2, -0.15) is 10.5 Å². The first-order chi connectivity index (χ1) is 11.5. The number of H-pyrrole nitrogens is 1. The van der Waals surface area contributed by atoms with Gasteiger partial charge >= 0.3 is 0 Å². The number of hydrogen-bond donors (Lipinski definition) is 1. The lowest BCUT2D eigenvalue weighted by molar-refractivity contribution is -0.0586. The van der Waals surface area contributed by atoms with Gasteiger partial charge < -0.3 is 9.72 Å². The Hall–Kier alpha value is -3.00. The maximum absolute atomic E-state index is 13.3. The summed E-state index contributed by atoms with van der Waals surface area (Å²) < 4.78 is 32.3. The van der Waals surface area contributed by atoms with E-state index >= 15 is 0 Å². The molecule has 6 nitrogen and oxygen atoms in total. The third-order valence-electron chi connectivity index (χ3n) is 3.95. The first kappa shape index (κ1) is 15.9. The van der Waals surface area contributed by atoms with Crippen molar-refractivity contribution in [1.29, 1.82) is 10.5 Å². The highest BCUT2D eigenvalue weighted by Crippen LogP contribution is 2.36. The van der Waals surface area contributed by atoms with Gasteiger partial charge in [-0.3, -0.25) is 0 Å². The van der Waals surface area contributed by atoms with E-state index in [1.54, 1.807) is 18.3 Å². The zero-order valence-corrected chi connectivity index (χ0v) is 12.6. The van der Waals surface area contributed by atoms with Gasteiger partial charge in [0.25, 0.3) is 0 Å². The van der Waals surface area contributed by atoms with Crippen LogP contribution in [0.5, 0.6) is 5.88 Å². The molecule has 0 spiro atoms. The Balaban J connectivity index is 1.92. The maximum atomic E-state index is 13.3. The average Bonchev–Trinajstić information content (AvgIpc) is 2.98. The smallest absolute Gasteiger partial charge is 0.248 e. The van der Waals surface area contributed by atoms with E-state index in [1.807, 2.05) is 0 Å². The second-order valence-corrected chi connectivity index (χ2v) is 5.60. The van der Waals surface area contributed by atoms with Crippen LogP contribution in [0.15, 0.2) is 18.1 Å². The summed E-state index contributed by atoms with van der Waals surface area (Å²) in [7, 11) is 0. The van der Waals surface area contributed by atoms with Crippen molar-refractivity contribution in [3.8, 4) is 18.0 Å². The summed E-state index contributed by atoms with van der Waals surface area (Å²) in [6.07, 6.45) is 4.04. The van der Waals surface area contributed by atoms with Crippen molar-refractivity contribution in [3.05, 3.63) is 23.7 Å². The van der Waals surface area contributed by atoms with Crippen molar-refractivity contribution < 1.29 is 13.5 Å². The summed E-state index contributed by atoms with van der Waals surface area (Å²) in [5, 5.41) is 18.3. The van der Waals surface area contributed by atoms with Gasteiger partial charge in [0.1, 0.15) is 35.8 Å². The van der Waals surface area contributed by atoms with E-state index < -0.39 is 5.92 Å². The summed E-state index contributed by atoms with van der Waals surface area (Å²) in [6.45, 7) is 0. The highest BCUT2D eigenvalue weighted by molar-refractivity contribution is 5.91. The first-order valence-electron chi connectivity index (χ1n) is 7.41. The topological polar surface area (TPSA) is 98.4 Å². The number of aromatic nitrogens is 3. The molecule has 122 valence electrons. The molecule has 1 saturated carbocycles. The number of nitrogens with zero attached hydrogens (tertiary/aromatic N) is 4. The van der Waals surface area contributed by atoms with E-state index in [9.17, 15) is 8.78 Å². The molecule has 2 aromatic rings. The number of ether oxygens (including phenoxy) is 1. The molecule has 0 amide bonds. The summed E-state index contributed by atoms with van der Waals surface area (Å²) in [6, 6.07) is 3.57. The molecule has 3 rings (SSSR count). The molecule has 24 heavy (non-hydrogen) atoms. The fraction of sp³-hybridized carbons (Fsp3) is 0.375. The lowest BCUT2D eigenvalue weighted by Gasteiger charge is -2.28. The SMILES string of the molecule is N#CC(C#N)=Cc1c[nH]c2ncnc(OC3CCC(F)(F)CC3)c12. The zero-order chi connectivity index (χ0) is 17.2. The van der Waals surface area contributed by atoms with Crippen LogP contribution >= 0.6 is 0 Å². The van der Waals surface area contributed by atoms with E-state index in [1.165, 1.54) is 12.4 Å². The van der Waals surface area contributed by atoms with Crippen LogP contribution in [-0.2, 0) is 0 Å². The summed E-state index contributed by atoms with van der Waals surface area (Å²) in [5.41, 5.74) is 0.963. The minimum absolute atomic E-state index is 0.0667. The monoisotopic (exact) mass is 329 g/mol.